The van der Waals surface area contributed by atoms with Crippen LogP contribution in [0.5, 0.6) is 0 Å². The molecule has 1 heterocycles. The van der Waals surface area contributed by atoms with E-state index >= 15 is 0 Å². The van der Waals surface area contributed by atoms with Crippen LogP contribution in [-0.4, -0.2) is 9.67 Å². The van der Waals surface area contributed by atoms with Gasteiger partial charge in [0.25, 0.3) is 0 Å². The third-order valence-electron chi connectivity index (χ3n) is 3.72. The van der Waals surface area contributed by atoms with Crippen molar-refractivity contribution in [3.05, 3.63) is 59.9 Å². The number of hydrogen-bond donors (Lipinski definition) is 1. The van der Waals surface area contributed by atoms with Crippen LogP contribution in [0.15, 0.2) is 48.7 Å². The highest BCUT2D eigenvalue weighted by atomic mass is 16.3. The first-order valence-electron chi connectivity index (χ1n) is 6.12. The van der Waals surface area contributed by atoms with Gasteiger partial charge in [0.1, 0.15) is 5.60 Å². The molecule has 0 amide bonds. The average Bonchev–Trinajstić information content (AvgIpc) is 3.13. The minimum absolute atomic E-state index is 0.360. The first kappa shape index (κ1) is 10.6. The maximum Gasteiger partial charge on any atom is 0.132 e. The van der Waals surface area contributed by atoms with Crippen LogP contribution in [-0.2, 0) is 12.6 Å². The molecular weight excluding hydrogens is 210 g/mol. The molecule has 2 aromatic rings. The van der Waals surface area contributed by atoms with Gasteiger partial charge in [-0.15, -0.1) is 0 Å². The van der Waals surface area contributed by atoms with Crippen molar-refractivity contribution in [2.24, 2.45) is 13.0 Å². The Morgan fingerprint density at radius 1 is 1.12 bits per heavy atom. The molecule has 1 aliphatic rings. The predicted molar refractivity (Wildman–Crippen MR) is 67.6 cm³/mol. The Morgan fingerprint density at radius 3 is 2.35 bits per heavy atom. The second kappa shape index (κ2) is 3.74. The summed E-state index contributed by atoms with van der Waals surface area (Å²) in [5.41, 5.74) is 1.18. The molecule has 2 heteroatoms. The monoisotopic (exact) mass is 227 g/mol. The average molecular weight is 227 g/mol. The van der Waals surface area contributed by atoms with Crippen molar-refractivity contribution in [1.29, 1.82) is 0 Å². The quantitative estimate of drug-likeness (QED) is 0.856. The summed E-state index contributed by atoms with van der Waals surface area (Å²) in [6.45, 7) is 0. The zero-order valence-corrected chi connectivity index (χ0v) is 10.0. The lowest BCUT2D eigenvalue weighted by molar-refractivity contribution is 0.0491. The van der Waals surface area contributed by atoms with Crippen LogP contribution >= 0.6 is 0 Å². The Balaban J connectivity index is 2.14. The standard InChI is InChI=1S/C15H17NO/c1-16-11-5-8-14(16)15(17,13-9-10-13)12-6-3-2-4-7-12/h2-8,11,13,17H,9-10H2,1H3. The summed E-state index contributed by atoms with van der Waals surface area (Å²) in [5.74, 6) is 0.360. The molecule has 0 bridgehead atoms. The fourth-order valence-electron chi connectivity index (χ4n) is 2.64. The zero-order valence-electron chi connectivity index (χ0n) is 10.0. The molecule has 88 valence electrons. The SMILES string of the molecule is Cn1cccc1C(O)(c1ccccc1)C1CC1. The van der Waals surface area contributed by atoms with E-state index in [1.165, 1.54) is 0 Å². The third kappa shape index (κ3) is 1.60. The van der Waals surface area contributed by atoms with Crippen LogP contribution < -0.4 is 0 Å². The van der Waals surface area contributed by atoms with Crippen molar-refractivity contribution in [2.75, 3.05) is 0 Å². The van der Waals surface area contributed by atoms with Gasteiger partial charge in [-0.05, 0) is 36.5 Å². The van der Waals surface area contributed by atoms with E-state index in [1.807, 2.05) is 60.3 Å². The van der Waals surface area contributed by atoms with Crippen LogP contribution in [0.1, 0.15) is 24.1 Å². The van der Waals surface area contributed by atoms with Gasteiger partial charge >= 0.3 is 0 Å². The van der Waals surface area contributed by atoms with Crippen molar-refractivity contribution >= 4 is 0 Å². The molecule has 1 N–H and O–H groups in total. The van der Waals surface area contributed by atoms with Gasteiger partial charge in [0.05, 0.1) is 5.69 Å². The molecule has 1 fully saturated rings. The summed E-state index contributed by atoms with van der Waals surface area (Å²) in [6, 6.07) is 14.0. The fraction of sp³-hybridized carbons (Fsp3) is 0.333. The van der Waals surface area contributed by atoms with E-state index in [-0.39, 0.29) is 0 Å². The first-order chi connectivity index (χ1) is 8.23. The van der Waals surface area contributed by atoms with E-state index in [1.54, 1.807) is 0 Å². The molecule has 0 aliphatic heterocycles. The maximum absolute atomic E-state index is 11.1. The normalized spacial score (nSPS) is 18.9. The lowest BCUT2D eigenvalue weighted by atomic mass is 9.85. The summed E-state index contributed by atoms with van der Waals surface area (Å²) in [7, 11) is 1.99. The molecule has 1 atom stereocenters. The fourth-order valence-corrected chi connectivity index (χ4v) is 2.64. The van der Waals surface area contributed by atoms with Gasteiger partial charge in [-0.1, -0.05) is 30.3 Å². The number of aromatic nitrogens is 1. The summed E-state index contributed by atoms with van der Waals surface area (Å²) in [4.78, 5) is 0. The first-order valence-corrected chi connectivity index (χ1v) is 6.12. The van der Waals surface area contributed by atoms with Crippen LogP contribution in [0.25, 0.3) is 0 Å². The molecule has 0 radical (unpaired) electrons. The van der Waals surface area contributed by atoms with Crippen LogP contribution in [0.2, 0.25) is 0 Å². The predicted octanol–water partition coefficient (Wildman–Crippen LogP) is 2.67. The van der Waals surface area contributed by atoms with Crippen LogP contribution in [0.4, 0.5) is 0 Å². The van der Waals surface area contributed by atoms with E-state index in [0.29, 0.717) is 5.92 Å². The summed E-state index contributed by atoms with van der Waals surface area (Å²) < 4.78 is 2.02. The van der Waals surface area contributed by atoms with Crippen molar-refractivity contribution < 1.29 is 5.11 Å². The van der Waals surface area contributed by atoms with Gasteiger partial charge in [-0.2, -0.15) is 0 Å². The van der Waals surface area contributed by atoms with Gasteiger partial charge < -0.3 is 9.67 Å². The highest BCUT2D eigenvalue weighted by Crippen LogP contribution is 2.49. The Kier molecular flexibility index (Phi) is 2.33. The lowest BCUT2D eigenvalue weighted by Crippen LogP contribution is -2.32. The molecule has 1 aromatic carbocycles. The number of benzene rings is 1. The second-order valence-corrected chi connectivity index (χ2v) is 4.91. The van der Waals surface area contributed by atoms with E-state index in [0.717, 1.165) is 24.1 Å². The number of aliphatic hydroxyl groups is 1. The van der Waals surface area contributed by atoms with E-state index in [4.69, 9.17) is 0 Å². The van der Waals surface area contributed by atoms with Crippen molar-refractivity contribution in [3.8, 4) is 0 Å². The largest absolute Gasteiger partial charge is 0.379 e. The van der Waals surface area contributed by atoms with Crippen LogP contribution in [0, 0.1) is 5.92 Å². The highest BCUT2D eigenvalue weighted by molar-refractivity contribution is 5.35. The van der Waals surface area contributed by atoms with Gasteiger partial charge in [-0.25, -0.2) is 0 Å². The second-order valence-electron chi connectivity index (χ2n) is 4.91. The molecule has 0 spiro atoms. The Morgan fingerprint density at radius 2 is 1.82 bits per heavy atom. The zero-order chi connectivity index (χ0) is 11.9. The molecule has 1 aliphatic carbocycles. The Bertz CT molecular complexity index is 513. The maximum atomic E-state index is 11.1. The summed E-state index contributed by atoms with van der Waals surface area (Å²) in [6.07, 6.45) is 4.21. The Labute approximate surface area is 102 Å². The van der Waals surface area contributed by atoms with Crippen molar-refractivity contribution in [2.45, 2.75) is 18.4 Å². The van der Waals surface area contributed by atoms with Crippen LogP contribution in [0.3, 0.4) is 0 Å². The topological polar surface area (TPSA) is 25.2 Å². The molecule has 0 saturated heterocycles. The van der Waals surface area contributed by atoms with E-state index < -0.39 is 5.60 Å². The molecule has 1 unspecified atom stereocenters. The molecule has 17 heavy (non-hydrogen) atoms. The third-order valence-corrected chi connectivity index (χ3v) is 3.72. The molecule has 1 saturated carbocycles. The van der Waals surface area contributed by atoms with E-state index in [2.05, 4.69) is 0 Å². The number of nitrogens with zero attached hydrogens (tertiary/aromatic N) is 1. The van der Waals surface area contributed by atoms with Gasteiger partial charge in [0, 0.05) is 13.2 Å². The van der Waals surface area contributed by atoms with Crippen molar-refractivity contribution in [3.63, 3.8) is 0 Å². The summed E-state index contributed by atoms with van der Waals surface area (Å²) in [5, 5.41) is 11.1. The minimum atomic E-state index is -0.820. The number of hydrogen-bond acceptors (Lipinski definition) is 1. The number of rotatable bonds is 3. The van der Waals surface area contributed by atoms with Crippen molar-refractivity contribution in [1.82, 2.24) is 4.57 Å². The highest BCUT2D eigenvalue weighted by Gasteiger charge is 2.47. The van der Waals surface area contributed by atoms with Gasteiger partial charge in [-0.3, -0.25) is 0 Å². The molecule has 2 nitrogen and oxygen atoms in total. The summed E-state index contributed by atoms with van der Waals surface area (Å²) >= 11 is 0. The van der Waals surface area contributed by atoms with Gasteiger partial charge in [0.15, 0.2) is 0 Å². The molecular formula is C15H17NO. The van der Waals surface area contributed by atoms with E-state index in [9.17, 15) is 5.11 Å². The Hall–Kier alpha value is -1.54. The smallest absolute Gasteiger partial charge is 0.132 e. The lowest BCUT2D eigenvalue weighted by Gasteiger charge is -2.29. The number of aryl methyl sites for hydroxylation is 1. The molecule has 1 aromatic heterocycles. The molecule has 3 rings (SSSR count). The van der Waals surface area contributed by atoms with Gasteiger partial charge in [0.2, 0.25) is 0 Å². The minimum Gasteiger partial charge on any atom is -0.379 e.